The van der Waals surface area contributed by atoms with Crippen LogP contribution in [0, 0.1) is 13.8 Å². The molecule has 1 rings (SSSR count). The zero-order chi connectivity index (χ0) is 13.5. The third kappa shape index (κ3) is 3.82. The average molecular weight is 253 g/mol. The van der Waals surface area contributed by atoms with Gasteiger partial charge >= 0.3 is 0 Å². The van der Waals surface area contributed by atoms with Gasteiger partial charge in [0.15, 0.2) is 0 Å². The fourth-order valence-corrected chi connectivity index (χ4v) is 2.31. The minimum absolute atomic E-state index is 0.366. The Morgan fingerprint density at radius 3 is 2.67 bits per heavy atom. The normalized spacial score (nSPS) is 12.9. The number of rotatable bonds is 8. The maximum atomic E-state index is 5.39. The summed E-state index contributed by atoms with van der Waals surface area (Å²) < 4.78 is 7.45. The van der Waals surface area contributed by atoms with Crippen molar-refractivity contribution in [2.75, 3.05) is 19.8 Å². The number of hydrogen-bond donors (Lipinski definition) is 1. The van der Waals surface area contributed by atoms with Crippen LogP contribution in [0.15, 0.2) is 0 Å². The molecule has 0 aliphatic heterocycles. The summed E-state index contributed by atoms with van der Waals surface area (Å²) in [6.07, 6.45) is 1.15. The van der Waals surface area contributed by atoms with Gasteiger partial charge in [0.1, 0.15) is 0 Å². The molecular weight excluding hydrogens is 226 g/mol. The first kappa shape index (κ1) is 15.2. The number of nitrogens with zero attached hydrogens (tertiary/aromatic N) is 2. The largest absolute Gasteiger partial charge is 0.380 e. The summed E-state index contributed by atoms with van der Waals surface area (Å²) in [5.41, 5.74) is 3.71. The fraction of sp³-hybridized carbons (Fsp3) is 0.786. The summed E-state index contributed by atoms with van der Waals surface area (Å²) in [7, 11) is 0. The predicted octanol–water partition coefficient (Wildman–Crippen LogP) is 2.60. The molecule has 1 atom stereocenters. The Balaban J connectivity index is 2.73. The molecule has 0 saturated heterocycles. The van der Waals surface area contributed by atoms with E-state index in [0.29, 0.717) is 6.04 Å². The maximum Gasteiger partial charge on any atom is 0.0662 e. The number of nitrogens with one attached hydrogen (secondary N) is 1. The van der Waals surface area contributed by atoms with E-state index in [1.807, 2.05) is 6.92 Å². The smallest absolute Gasteiger partial charge is 0.0662 e. The molecule has 0 aliphatic carbocycles. The van der Waals surface area contributed by atoms with Gasteiger partial charge in [-0.3, -0.25) is 4.68 Å². The van der Waals surface area contributed by atoms with Gasteiger partial charge in [-0.05, 0) is 40.7 Å². The number of aryl methyl sites for hydroxylation is 1. The van der Waals surface area contributed by atoms with Crippen LogP contribution >= 0.6 is 0 Å². The van der Waals surface area contributed by atoms with Crippen LogP contribution in [0.1, 0.15) is 50.2 Å². The topological polar surface area (TPSA) is 39.1 Å². The van der Waals surface area contributed by atoms with Crippen molar-refractivity contribution in [3.8, 4) is 0 Å². The monoisotopic (exact) mass is 253 g/mol. The van der Waals surface area contributed by atoms with Crippen LogP contribution in [0.3, 0.4) is 0 Å². The summed E-state index contributed by atoms with van der Waals surface area (Å²) >= 11 is 0. The van der Waals surface area contributed by atoms with Gasteiger partial charge in [0.2, 0.25) is 0 Å². The van der Waals surface area contributed by atoms with Crippen molar-refractivity contribution in [2.24, 2.45) is 0 Å². The third-order valence-electron chi connectivity index (χ3n) is 3.22. The van der Waals surface area contributed by atoms with E-state index in [2.05, 4.69) is 42.8 Å². The molecule has 0 bridgehead atoms. The van der Waals surface area contributed by atoms with Crippen LogP contribution in [-0.4, -0.2) is 29.5 Å². The minimum Gasteiger partial charge on any atom is -0.380 e. The molecule has 4 nitrogen and oxygen atoms in total. The van der Waals surface area contributed by atoms with Gasteiger partial charge in [0, 0.05) is 23.9 Å². The highest BCUT2D eigenvalue weighted by atomic mass is 16.5. The molecule has 1 N–H and O–H groups in total. The van der Waals surface area contributed by atoms with E-state index < -0.39 is 0 Å². The van der Waals surface area contributed by atoms with Gasteiger partial charge in [-0.15, -0.1) is 0 Å². The van der Waals surface area contributed by atoms with Crippen LogP contribution in [0.5, 0.6) is 0 Å². The van der Waals surface area contributed by atoms with E-state index in [1.54, 1.807) is 0 Å². The molecule has 1 aromatic heterocycles. The zero-order valence-electron chi connectivity index (χ0n) is 12.4. The van der Waals surface area contributed by atoms with Gasteiger partial charge in [-0.25, -0.2) is 0 Å². The Bertz CT molecular complexity index is 360. The van der Waals surface area contributed by atoms with E-state index >= 15 is 0 Å². The molecule has 0 amide bonds. The van der Waals surface area contributed by atoms with Gasteiger partial charge in [-0.2, -0.15) is 5.10 Å². The molecule has 0 radical (unpaired) electrons. The summed E-state index contributed by atoms with van der Waals surface area (Å²) in [6.45, 7) is 14.0. The SMILES string of the molecule is CCCNC(C)c1c(C)nn(CCOCC)c1C. The van der Waals surface area contributed by atoms with E-state index in [-0.39, 0.29) is 0 Å². The van der Waals surface area contributed by atoms with Crippen molar-refractivity contribution in [3.05, 3.63) is 17.0 Å². The lowest BCUT2D eigenvalue weighted by Gasteiger charge is -2.14. The maximum absolute atomic E-state index is 5.39. The first-order valence-electron chi connectivity index (χ1n) is 6.96. The molecule has 1 heterocycles. The zero-order valence-corrected chi connectivity index (χ0v) is 12.4. The summed E-state index contributed by atoms with van der Waals surface area (Å²) in [6, 6.07) is 0.366. The quantitative estimate of drug-likeness (QED) is 0.724. The minimum atomic E-state index is 0.366. The predicted molar refractivity (Wildman–Crippen MR) is 74.9 cm³/mol. The standard InChI is InChI=1S/C14H27N3O/c1-6-8-15-11(3)14-12(4)16-17(13(14)5)9-10-18-7-2/h11,15H,6-10H2,1-5H3. The van der Waals surface area contributed by atoms with Gasteiger partial charge in [-0.1, -0.05) is 6.92 Å². The van der Waals surface area contributed by atoms with Crippen LogP contribution < -0.4 is 5.32 Å². The van der Waals surface area contributed by atoms with E-state index in [4.69, 9.17) is 4.74 Å². The molecule has 0 fully saturated rings. The van der Waals surface area contributed by atoms with Crippen molar-refractivity contribution in [3.63, 3.8) is 0 Å². The highest BCUT2D eigenvalue weighted by Gasteiger charge is 2.16. The fourth-order valence-electron chi connectivity index (χ4n) is 2.31. The molecule has 4 heteroatoms. The molecule has 18 heavy (non-hydrogen) atoms. The average Bonchev–Trinajstić information content (AvgIpc) is 2.62. The lowest BCUT2D eigenvalue weighted by atomic mass is 10.1. The Morgan fingerprint density at radius 1 is 1.33 bits per heavy atom. The van der Waals surface area contributed by atoms with Gasteiger partial charge in [0.05, 0.1) is 18.8 Å². The third-order valence-corrected chi connectivity index (χ3v) is 3.22. The molecule has 104 valence electrons. The van der Waals surface area contributed by atoms with Crippen molar-refractivity contribution in [1.29, 1.82) is 0 Å². The van der Waals surface area contributed by atoms with Crippen molar-refractivity contribution < 1.29 is 4.74 Å². The molecule has 1 aromatic rings. The molecular formula is C14H27N3O. The van der Waals surface area contributed by atoms with Gasteiger partial charge < -0.3 is 10.1 Å². The van der Waals surface area contributed by atoms with Gasteiger partial charge in [0.25, 0.3) is 0 Å². The van der Waals surface area contributed by atoms with Crippen LogP contribution in [0.2, 0.25) is 0 Å². The Labute approximate surface area is 111 Å². The van der Waals surface area contributed by atoms with Crippen LogP contribution in [0.25, 0.3) is 0 Å². The van der Waals surface area contributed by atoms with Crippen LogP contribution in [-0.2, 0) is 11.3 Å². The first-order valence-corrected chi connectivity index (χ1v) is 6.96. The second kappa shape index (κ2) is 7.54. The van der Waals surface area contributed by atoms with Crippen molar-refractivity contribution in [2.45, 2.75) is 53.6 Å². The number of aromatic nitrogens is 2. The molecule has 1 unspecified atom stereocenters. The Morgan fingerprint density at radius 2 is 2.06 bits per heavy atom. The lowest BCUT2D eigenvalue weighted by molar-refractivity contribution is 0.135. The highest BCUT2D eigenvalue weighted by molar-refractivity contribution is 5.27. The lowest BCUT2D eigenvalue weighted by Crippen LogP contribution is -2.20. The summed E-state index contributed by atoms with van der Waals surface area (Å²) in [5, 5.41) is 8.13. The van der Waals surface area contributed by atoms with E-state index in [0.717, 1.165) is 38.4 Å². The second-order valence-electron chi connectivity index (χ2n) is 4.68. The van der Waals surface area contributed by atoms with E-state index in [9.17, 15) is 0 Å². The molecule has 0 saturated carbocycles. The summed E-state index contributed by atoms with van der Waals surface area (Å²) in [4.78, 5) is 0. The van der Waals surface area contributed by atoms with Crippen LogP contribution in [0.4, 0.5) is 0 Å². The number of ether oxygens (including phenoxy) is 1. The molecule has 0 aromatic carbocycles. The van der Waals surface area contributed by atoms with Crippen molar-refractivity contribution >= 4 is 0 Å². The molecule has 0 aliphatic rings. The Kier molecular flexibility index (Phi) is 6.36. The van der Waals surface area contributed by atoms with E-state index in [1.165, 1.54) is 11.3 Å². The Hall–Kier alpha value is -0.870. The summed E-state index contributed by atoms with van der Waals surface area (Å²) in [5.74, 6) is 0. The highest BCUT2D eigenvalue weighted by Crippen LogP contribution is 2.21. The first-order chi connectivity index (χ1) is 8.61. The second-order valence-corrected chi connectivity index (χ2v) is 4.68. The molecule has 0 spiro atoms. The number of hydrogen-bond acceptors (Lipinski definition) is 3. The van der Waals surface area contributed by atoms with Crippen molar-refractivity contribution in [1.82, 2.24) is 15.1 Å².